The van der Waals surface area contributed by atoms with Gasteiger partial charge in [-0.3, -0.25) is 0 Å². The molecule has 2 amide bonds. The molecule has 0 aliphatic rings. The highest BCUT2D eigenvalue weighted by molar-refractivity contribution is 5.74. The van der Waals surface area contributed by atoms with E-state index in [1.807, 2.05) is 23.6 Å². The zero-order chi connectivity index (χ0) is 13.5. The third-order valence-electron chi connectivity index (χ3n) is 2.97. The van der Waals surface area contributed by atoms with Crippen molar-refractivity contribution >= 4 is 6.03 Å². The van der Waals surface area contributed by atoms with E-state index in [-0.39, 0.29) is 11.4 Å². The van der Waals surface area contributed by atoms with Gasteiger partial charge in [0.05, 0.1) is 0 Å². The molecule has 2 N–H and O–H groups in total. The van der Waals surface area contributed by atoms with Crippen molar-refractivity contribution in [1.82, 2.24) is 9.80 Å². The van der Waals surface area contributed by atoms with Crippen molar-refractivity contribution in [3.8, 4) is 0 Å². The van der Waals surface area contributed by atoms with Gasteiger partial charge in [-0.15, -0.1) is 0 Å². The van der Waals surface area contributed by atoms with Gasteiger partial charge in [-0.05, 0) is 32.2 Å². The lowest BCUT2D eigenvalue weighted by Crippen LogP contribution is -2.48. The number of rotatable bonds is 7. The maximum absolute atomic E-state index is 12.3. The Balaban J connectivity index is 4.66. The van der Waals surface area contributed by atoms with Crippen LogP contribution in [0, 0.1) is 5.41 Å². The lowest BCUT2D eigenvalue weighted by atomic mass is 9.93. The van der Waals surface area contributed by atoms with Crippen molar-refractivity contribution in [3.05, 3.63) is 0 Å². The monoisotopic (exact) mass is 243 g/mol. The number of hydrogen-bond donors (Lipinski definition) is 1. The predicted molar refractivity (Wildman–Crippen MR) is 73.0 cm³/mol. The van der Waals surface area contributed by atoms with Gasteiger partial charge in [0.15, 0.2) is 0 Å². The summed E-state index contributed by atoms with van der Waals surface area (Å²) in [5.74, 6) is 0. The van der Waals surface area contributed by atoms with E-state index < -0.39 is 0 Å². The van der Waals surface area contributed by atoms with E-state index in [0.717, 1.165) is 32.6 Å². The maximum atomic E-state index is 12.3. The van der Waals surface area contributed by atoms with Crippen LogP contribution in [0.2, 0.25) is 0 Å². The number of hydrogen-bond acceptors (Lipinski definition) is 2. The van der Waals surface area contributed by atoms with Gasteiger partial charge in [0.25, 0.3) is 0 Å². The fourth-order valence-corrected chi connectivity index (χ4v) is 1.79. The molecule has 0 fully saturated rings. The highest BCUT2D eigenvalue weighted by atomic mass is 16.2. The van der Waals surface area contributed by atoms with E-state index in [1.54, 1.807) is 0 Å². The quantitative estimate of drug-likeness (QED) is 0.745. The Kier molecular flexibility index (Phi) is 7.19. The lowest BCUT2D eigenvalue weighted by molar-refractivity contribution is 0.135. The first-order valence-electron chi connectivity index (χ1n) is 6.65. The van der Waals surface area contributed by atoms with Crippen molar-refractivity contribution in [3.63, 3.8) is 0 Å². The summed E-state index contributed by atoms with van der Waals surface area (Å²) in [4.78, 5) is 16.1. The molecule has 0 aliphatic heterocycles. The van der Waals surface area contributed by atoms with Crippen LogP contribution in [-0.4, -0.2) is 48.6 Å². The highest BCUT2D eigenvalue weighted by Gasteiger charge is 2.25. The van der Waals surface area contributed by atoms with Gasteiger partial charge in [-0.1, -0.05) is 20.8 Å². The van der Waals surface area contributed by atoms with Crippen LogP contribution in [0.15, 0.2) is 0 Å². The van der Waals surface area contributed by atoms with Crippen LogP contribution in [0.25, 0.3) is 0 Å². The Labute approximate surface area is 106 Å². The summed E-state index contributed by atoms with van der Waals surface area (Å²) in [6, 6.07) is 0.137. The van der Waals surface area contributed by atoms with Gasteiger partial charge in [-0.2, -0.15) is 0 Å². The molecule has 4 heteroatoms. The second-order valence-corrected chi connectivity index (χ2v) is 5.24. The molecule has 0 aromatic carbocycles. The molecule has 0 spiro atoms. The molecule has 0 unspecified atom stereocenters. The number of nitrogens with two attached hydrogens (primary N) is 1. The molecule has 0 saturated carbocycles. The molecule has 0 saturated heterocycles. The molecule has 102 valence electrons. The smallest absolute Gasteiger partial charge is 0.319 e. The van der Waals surface area contributed by atoms with Crippen molar-refractivity contribution in [1.29, 1.82) is 0 Å². The Morgan fingerprint density at radius 1 is 1.12 bits per heavy atom. The third-order valence-corrected chi connectivity index (χ3v) is 2.97. The second-order valence-electron chi connectivity index (χ2n) is 5.24. The molecular weight excluding hydrogens is 214 g/mol. The normalized spacial score (nSPS) is 11.4. The fraction of sp³-hybridized carbons (Fsp3) is 0.923. The molecule has 0 bridgehead atoms. The van der Waals surface area contributed by atoms with Crippen molar-refractivity contribution in [2.75, 3.05) is 32.7 Å². The first-order valence-corrected chi connectivity index (χ1v) is 6.65. The van der Waals surface area contributed by atoms with Gasteiger partial charge in [0, 0.05) is 26.2 Å². The van der Waals surface area contributed by atoms with Crippen LogP contribution < -0.4 is 5.73 Å². The third kappa shape index (κ3) is 5.39. The number of nitrogens with zero attached hydrogens (tertiary/aromatic N) is 2. The van der Waals surface area contributed by atoms with Crippen molar-refractivity contribution in [2.24, 2.45) is 11.1 Å². The zero-order valence-electron chi connectivity index (χ0n) is 12.1. The summed E-state index contributed by atoms with van der Waals surface area (Å²) in [6.07, 6.45) is 0.980. The molecule has 0 radical (unpaired) electrons. The first-order chi connectivity index (χ1) is 7.91. The van der Waals surface area contributed by atoms with E-state index in [4.69, 9.17) is 5.73 Å². The van der Waals surface area contributed by atoms with Crippen LogP contribution in [0.5, 0.6) is 0 Å². The van der Waals surface area contributed by atoms with Crippen LogP contribution >= 0.6 is 0 Å². The highest BCUT2D eigenvalue weighted by Crippen LogP contribution is 2.16. The molecular formula is C13H29N3O. The molecule has 0 aliphatic carbocycles. The number of amides is 2. The van der Waals surface area contributed by atoms with Crippen LogP contribution in [0.3, 0.4) is 0 Å². The maximum Gasteiger partial charge on any atom is 0.319 e. The molecule has 0 rings (SSSR count). The standard InChI is InChI=1S/C13H29N3O/c1-6-9-16(11-13(4,5)10-14)12(17)15(7-2)8-3/h6-11,14H2,1-5H3. The van der Waals surface area contributed by atoms with E-state index in [1.165, 1.54) is 0 Å². The van der Waals surface area contributed by atoms with Crippen LogP contribution in [0.4, 0.5) is 4.79 Å². The van der Waals surface area contributed by atoms with E-state index >= 15 is 0 Å². The van der Waals surface area contributed by atoms with Crippen LogP contribution in [0.1, 0.15) is 41.0 Å². The van der Waals surface area contributed by atoms with E-state index in [2.05, 4.69) is 20.8 Å². The molecule has 4 nitrogen and oxygen atoms in total. The average Bonchev–Trinajstić information content (AvgIpc) is 2.29. The van der Waals surface area contributed by atoms with E-state index in [0.29, 0.717) is 6.54 Å². The summed E-state index contributed by atoms with van der Waals surface area (Å²) in [7, 11) is 0. The Bertz CT molecular complexity index is 225. The number of carbonyl (C=O) groups is 1. The summed E-state index contributed by atoms with van der Waals surface area (Å²) in [5.41, 5.74) is 5.72. The minimum absolute atomic E-state index is 0.0159. The van der Waals surface area contributed by atoms with Gasteiger partial charge in [-0.25, -0.2) is 4.79 Å². The number of carbonyl (C=O) groups excluding carboxylic acids is 1. The summed E-state index contributed by atoms with van der Waals surface area (Å²) < 4.78 is 0. The predicted octanol–water partition coefficient (Wildman–Crippen LogP) is 2.15. The van der Waals surface area contributed by atoms with Gasteiger partial charge < -0.3 is 15.5 Å². The average molecular weight is 243 g/mol. The zero-order valence-corrected chi connectivity index (χ0v) is 12.1. The van der Waals surface area contributed by atoms with Gasteiger partial charge in [0.1, 0.15) is 0 Å². The summed E-state index contributed by atoms with van der Waals surface area (Å²) >= 11 is 0. The Morgan fingerprint density at radius 3 is 2.00 bits per heavy atom. The lowest BCUT2D eigenvalue weighted by Gasteiger charge is -2.35. The number of urea groups is 1. The molecule has 0 heterocycles. The SMILES string of the molecule is CCCN(CC(C)(C)CN)C(=O)N(CC)CC. The van der Waals surface area contributed by atoms with Crippen LogP contribution in [-0.2, 0) is 0 Å². The summed E-state index contributed by atoms with van der Waals surface area (Å²) in [5, 5.41) is 0. The fourth-order valence-electron chi connectivity index (χ4n) is 1.79. The topological polar surface area (TPSA) is 49.6 Å². The van der Waals surface area contributed by atoms with Crippen molar-refractivity contribution in [2.45, 2.75) is 41.0 Å². The molecule has 0 atom stereocenters. The first kappa shape index (κ1) is 16.2. The largest absolute Gasteiger partial charge is 0.330 e. The molecule has 17 heavy (non-hydrogen) atoms. The van der Waals surface area contributed by atoms with Gasteiger partial charge in [0.2, 0.25) is 0 Å². The molecule has 0 aromatic heterocycles. The minimum atomic E-state index is -0.0159. The van der Waals surface area contributed by atoms with Crippen molar-refractivity contribution < 1.29 is 4.79 Å². The van der Waals surface area contributed by atoms with E-state index in [9.17, 15) is 4.79 Å². The summed E-state index contributed by atoms with van der Waals surface area (Å²) in [6.45, 7) is 14.0. The molecule has 0 aromatic rings. The minimum Gasteiger partial charge on any atom is -0.330 e. The second kappa shape index (κ2) is 7.54. The van der Waals surface area contributed by atoms with Gasteiger partial charge >= 0.3 is 6.03 Å². The Hall–Kier alpha value is -0.770. The Morgan fingerprint density at radius 2 is 1.65 bits per heavy atom.